The SMILES string of the molecule is Cc1ccc(NC(=O)CSc2nnc(-c3ccccc3Br)n2N)cc1C. The first kappa shape index (κ1) is 18.5. The molecular formula is C18H18BrN5OS. The Morgan fingerprint density at radius 1 is 1.19 bits per heavy atom. The Bertz CT molecular complexity index is 957. The molecule has 0 saturated heterocycles. The average Bonchev–Trinajstić information content (AvgIpc) is 2.97. The minimum Gasteiger partial charge on any atom is -0.335 e. The van der Waals surface area contributed by atoms with E-state index >= 15 is 0 Å². The maximum Gasteiger partial charge on any atom is 0.234 e. The van der Waals surface area contributed by atoms with Crippen LogP contribution in [0.25, 0.3) is 11.4 Å². The molecule has 0 fully saturated rings. The number of nitrogens with zero attached hydrogens (tertiary/aromatic N) is 3. The van der Waals surface area contributed by atoms with Gasteiger partial charge in [-0.2, -0.15) is 0 Å². The molecule has 134 valence electrons. The number of aromatic nitrogens is 3. The van der Waals surface area contributed by atoms with Crippen molar-refractivity contribution >= 4 is 39.3 Å². The van der Waals surface area contributed by atoms with Gasteiger partial charge in [0.05, 0.1) is 5.75 Å². The zero-order valence-electron chi connectivity index (χ0n) is 14.4. The molecule has 0 aliphatic rings. The predicted molar refractivity (Wildman–Crippen MR) is 109 cm³/mol. The minimum atomic E-state index is -0.122. The highest BCUT2D eigenvalue weighted by atomic mass is 79.9. The fraction of sp³-hybridized carbons (Fsp3) is 0.167. The summed E-state index contributed by atoms with van der Waals surface area (Å²) in [5.41, 5.74) is 3.94. The molecule has 0 bridgehead atoms. The van der Waals surface area contributed by atoms with Crippen LogP contribution in [0.15, 0.2) is 52.1 Å². The number of carbonyl (C=O) groups excluding carboxylic acids is 1. The summed E-state index contributed by atoms with van der Waals surface area (Å²) in [7, 11) is 0. The van der Waals surface area contributed by atoms with Crippen LogP contribution in [0.4, 0.5) is 5.69 Å². The summed E-state index contributed by atoms with van der Waals surface area (Å²) in [6.07, 6.45) is 0. The van der Waals surface area contributed by atoms with Gasteiger partial charge in [-0.25, -0.2) is 4.68 Å². The Hall–Kier alpha value is -2.32. The van der Waals surface area contributed by atoms with Crippen LogP contribution in [-0.2, 0) is 4.79 Å². The van der Waals surface area contributed by atoms with E-state index in [1.165, 1.54) is 22.0 Å². The quantitative estimate of drug-likeness (QED) is 0.474. The van der Waals surface area contributed by atoms with E-state index in [4.69, 9.17) is 5.84 Å². The van der Waals surface area contributed by atoms with Crippen molar-refractivity contribution in [2.24, 2.45) is 0 Å². The van der Waals surface area contributed by atoms with Crippen molar-refractivity contribution < 1.29 is 4.79 Å². The molecule has 8 heteroatoms. The standard InChI is InChI=1S/C18H18BrN5OS/c1-11-7-8-13(9-12(11)2)21-16(25)10-26-18-23-22-17(24(18)20)14-5-3-4-6-15(14)19/h3-9H,10,20H2,1-2H3,(H,21,25). The second kappa shape index (κ2) is 7.92. The molecule has 3 N–H and O–H groups in total. The number of aryl methyl sites for hydroxylation is 2. The van der Waals surface area contributed by atoms with Crippen LogP contribution in [-0.4, -0.2) is 26.5 Å². The summed E-state index contributed by atoms with van der Waals surface area (Å²) < 4.78 is 2.27. The van der Waals surface area contributed by atoms with Gasteiger partial charge in [0.25, 0.3) is 0 Å². The largest absolute Gasteiger partial charge is 0.335 e. The van der Waals surface area contributed by atoms with E-state index in [0.717, 1.165) is 21.3 Å². The molecule has 0 unspecified atom stereocenters. The first-order chi connectivity index (χ1) is 12.5. The van der Waals surface area contributed by atoms with Gasteiger partial charge in [0.2, 0.25) is 11.1 Å². The van der Waals surface area contributed by atoms with E-state index in [1.807, 2.05) is 56.3 Å². The summed E-state index contributed by atoms with van der Waals surface area (Å²) in [4.78, 5) is 12.2. The van der Waals surface area contributed by atoms with Gasteiger partial charge in [-0.3, -0.25) is 4.79 Å². The number of halogens is 1. The average molecular weight is 432 g/mol. The van der Waals surface area contributed by atoms with Crippen LogP contribution >= 0.6 is 27.7 Å². The normalized spacial score (nSPS) is 10.7. The number of benzene rings is 2. The van der Waals surface area contributed by atoms with E-state index in [2.05, 4.69) is 31.4 Å². The van der Waals surface area contributed by atoms with Crippen LogP contribution in [0, 0.1) is 13.8 Å². The molecule has 0 aliphatic heterocycles. The number of hydrogen-bond donors (Lipinski definition) is 2. The van der Waals surface area contributed by atoms with Crippen molar-refractivity contribution in [2.75, 3.05) is 16.9 Å². The van der Waals surface area contributed by atoms with E-state index in [9.17, 15) is 4.79 Å². The molecule has 1 aromatic heterocycles. The van der Waals surface area contributed by atoms with Gasteiger partial charge in [-0.1, -0.05) is 45.9 Å². The summed E-state index contributed by atoms with van der Waals surface area (Å²) in [5, 5.41) is 11.6. The zero-order chi connectivity index (χ0) is 18.7. The van der Waals surface area contributed by atoms with Crippen molar-refractivity contribution in [3.63, 3.8) is 0 Å². The molecule has 3 aromatic rings. The maximum absolute atomic E-state index is 12.2. The molecular weight excluding hydrogens is 414 g/mol. The van der Waals surface area contributed by atoms with Crippen LogP contribution in [0.1, 0.15) is 11.1 Å². The Labute approximate surface area is 164 Å². The molecule has 0 aliphatic carbocycles. The Morgan fingerprint density at radius 2 is 1.96 bits per heavy atom. The van der Waals surface area contributed by atoms with Gasteiger partial charge in [-0.05, 0) is 49.2 Å². The lowest BCUT2D eigenvalue weighted by Crippen LogP contribution is -2.16. The van der Waals surface area contributed by atoms with Crippen molar-refractivity contribution in [3.05, 3.63) is 58.1 Å². The molecule has 6 nitrogen and oxygen atoms in total. The lowest BCUT2D eigenvalue weighted by Gasteiger charge is -2.08. The molecule has 1 heterocycles. The summed E-state index contributed by atoms with van der Waals surface area (Å²) >= 11 is 4.72. The molecule has 26 heavy (non-hydrogen) atoms. The summed E-state index contributed by atoms with van der Waals surface area (Å²) in [5.74, 6) is 6.71. The molecule has 0 radical (unpaired) electrons. The third-order valence-corrected chi connectivity index (χ3v) is 5.54. The number of anilines is 1. The molecule has 0 spiro atoms. The summed E-state index contributed by atoms with van der Waals surface area (Å²) in [6.45, 7) is 4.05. The number of nitrogen functional groups attached to an aromatic ring is 1. The van der Waals surface area contributed by atoms with Crippen molar-refractivity contribution in [2.45, 2.75) is 19.0 Å². The third kappa shape index (κ3) is 4.08. The zero-order valence-corrected chi connectivity index (χ0v) is 16.8. The van der Waals surface area contributed by atoms with E-state index in [0.29, 0.717) is 11.0 Å². The Morgan fingerprint density at radius 3 is 2.69 bits per heavy atom. The Balaban J connectivity index is 1.66. The van der Waals surface area contributed by atoms with Gasteiger partial charge in [0.1, 0.15) is 0 Å². The van der Waals surface area contributed by atoms with Crippen molar-refractivity contribution in [1.82, 2.24) is 14.9 Å². The van der Waals surface area contributed by atoms with E-state index < -0.39 is 0 Å². The lowest BCUT2D eigenvalue weighted by molar-refractivity contribution is -0.113. The predicted octanol–water partition coefficient (Wildman–Crippen LogP) is 3.77. The van der Waals surface area contributed by atoms with Gasteiger partial charge in [-0.15, -0.1) is 10.2 Å². The number of nitrogens with one attached hydrogen (secondary N) is 1. The topological polar surface area (TPSA) is 85.8 Å². The van der Waals surface area contributed by atoms with E-state index in [1.54, 1.807) is 0 Å². The molecule has 3 rings (SSSR count). The molecule has 2 aromatic carbocycles. The van der Waals surface area contributed by atoms with Crippen LogP contribution in [0.2, 0.25) is 0 Å². The smallest absolute Gasteiger partial charge is 0.234 e. The number of amides is 1. The number of thioether (sulfide) groups is 1. The molecule has 0 saturated carbocycles. The van der Waals surface area contributed by atoms with Crippen molar-refractivity contribution in [1.29, 1.82) is 0 Å². The molecule has 1 amide bonds. The maximum atomic E-state index is 12.2. The number of carbonyl (C=O) groups is 1. The van der Waals surface area contributed by atoms with Gasteiger partial charge in [0, 0.05) is 15.7 Å². The number of nitrogens with two attached hydrogens (primary N) is 1. The van der Waals surface area contributed by atoms with Gasteiger partial charge < -0.3 is 11.2 Å². The highest BCUT2D eigenvalue weighted by Crippen LogP contribution is 2.28. The van der Waals surface area contributed by atoms with E-state index in [-0.39, 0.29) is 11.7 Å². The Kier molecular flexibility index (Phi) is 5.63. The highest BCUT2D eigenvalue weighted by Gasteiger charge is 2.15. The highest BCUT2D eigenvalue weighted by molar-refractivity contribution is 9.10. The van der Waals surface area contributed by atoms with Crippen molar-refractivity contribution in [3.8, 4) is 11.4 Å². The summed E-state index contributed by atoms with van der Waals surface area (Å²) in [6, 6.07) is 13.5. The van der Waals surface area contributed by atoms with Crippen LogP contribution < -0.4 is 11.2 Å². The third-order valence-electron chi connectivity index (χ3n) is 3.90. The lowest BCUT2D eigenvalue weighted by atomic mass is 10.1. The fourth-order valence-electron chi connectivity index (χ4n) is 2.35. The monoisotopic (exact) mass is 431 g/mol. The fourth-order valence-corrected chi connectivity index (χ4v) is 3.47. The first-order valence-electron chi connectivity index (χ1n) is 7.91. The number of hydrogen-bond acceptors (Lipinski definition) is 5. The second-order valence-electron chi connectivity index (χ2n) is 5.79. The van der Waals surface area contributed by atoms with Crippen LogP contribution in [0.5, 0.6) is 0 Å². The minimum absolute atomic E-state index is 0.122. The first-order valence-corrected chi connectivity index (χ1v) is 9.69. The van der Waals surface area contributed by atoms with Gasteiger partial charge in [0.15, 0.2) is 5.82 Å². The van der Waals surface area contributed by atoms with Gasteiger partial charge >= 0.3 is 0 Å². The van der Waals surface area contributed by atoms with Crippen LogP contribution in [0.3, 0.4) is 0 Å². The number of rotatable bonds is 5. The molecule has 0 atom stereocenters. The second-order valence-corrected chi connectivity index (χ2v) is 7.59.